The van der Waals surface area contributed by atoms with E-state index in [9.17, 15) is 4.79 Å². The Morgan fingerprint density at radius 2 is 2.40 bits per heavy atom. The quantitative estimate of drug-likeness (QED) is 0.801. The van der Waals surface area contributed by atoms with Crippen LogP contribution in [-0.4, -0.2) is 40.2 Å². The maximum absolute atomic E-state index is 11.0. The standard InChI is InChI=1S/C16H21N3O/c1-2-18-7-3-5-13(10-18)9-15-11-19-8-4-6-14(12-20)16(19)17-15/h4,6,8,11-13H,2-3,5,7,9-10H2,1H3. The zero-order valence-corrected chi connectivity index (χ0v) is 12.0. The van der Waals surface area contributed by atoms with E-state index in [1.807, 2.05) is 22.7 Å². The van der Waals surface area contributed by atoms with Gasteiger partial charge < -0.3 is 9.30 Å². The Morgan fingerprint density at radius 3 is 3.20 bits per heavy atom. The highest BCUT2D eigenvalue weighted by Crippen LogP contribution is 2.21. The van der Waals surface area contributed by atoms with Crippen LogP contribution in [0.1, 0.15) is 35.8 Å². The Kier molecular flexibility index (Phi) is 3.83. The van der Waals surface area contributed by atoms with Gasteiger partial charge in [0.15, 0.2) is 6.29 Å². The van der Waals surface area contributed by atoms with Crippen molar-refractivity contribution in [2.24, 2.45) is 5.92 Å². The van der Waals surface area contributed by atoms with E-state index in [2.05, 4.69) is 23.0 Å². The average molecular weight is 271 g/mol. The van der Waals surface area contributed by atoms with Gasteiger partial charge >= 0.3 is 0 Å². The van der Waals surface area contributed by atoms with Gasteiger partial charge in [0.25, 0.3) is 0 Å². The molecule has 1 fully saturated rings. The van der Waals surface area contributed by atoms with Gasteiger partial charge in [-0.25, -0.2) is 4.98 Å². The summed E-state index contributed by atoms with van der Waals surface area (Å²) in [7, 11) is 0. The summed E-state index contributed by atoms with van der Waals surface area (Å²) in [6.45, 7) is 5.76. The van der Waals surface area contributed by atoms with Crippen molar-refractivity contribution in [2.75, 3.05) is 19.6 Å². The van der Waals surface area contributed by atoms with Gasteiger partial charge in [0.2, 0.25) is 0 Å². The highest BCUT2D eigenvalue weighted by molar-refractivity contribution is 5.84. The van der Waals surface area contributed by atoms with Gasteiger partial charge in [-0.3, -0.25) is 4.79 Å². The van der Waals surface area contributed by atoms with Crippen LogP contribution in [0.25, 0.3) is 5.65 Å². The van der Waals surface area contributed by atoms with Gasteiger partial charge in [-0.05, 0) is 50.4 Å². The predicted octanol–water partition coefficient (Wildman–Crippen LogP) is 2.42. The molecule has 1 aliphatic rings. The third-order valence-electron chi connectivity index (χ3n) is 4.24. The molecule has 20 heavy (non-hydrogen) atoms. The highest BCUT2D eigenvalue weighted by Gasteiger charge is 2.20. The molecule has 0 N–H and O–H groups in total. The molecule has 1 atom stereocenters. The van der Waals surface area contributed by atoms with Crippen LogP contribution in [0.5, 0.6) is 0 Å². The number of hydrogen-bond acceptors (Lipinski definition) is 3. The summed E-state index contributed by atoms with van der Waals surface area (Å²) in [6.07, 6.45) is 8.48. The maximum Gasteiger partial charge on any atom is 0.153 e. The third kappa shape index (κ3) is 2.61. The lowest BCUT2D eigenvalue weighted by molar-refractivity contribution is 0.112. The molecule has 0 aliphatic carbocycles. The van der Waals surface area contributed by atoms with Gasteiger partial charge in [0.1, 0.15) is 5.65 Å². The van der Waals surface area contributed by atoms with E-state index in [1.54, 1.807) is 0 Å². The Morgan fingerprint density at radius 1 is 1.50 bits per heavy atom. The summed E-state index contributed by atoms with van der Waals surface area (Å²) in [5.41, 5.74) is 2.54. The minimum absolute atomic E-state index is 0.664. The fourth-order valence-corrected chi connectivity index (χ4v) is 3.18. The molecular weight excluding hydrogens is 250 g/mol. The SMILES string of the molecule is CCN1CCCC(Cc2cn3cccc(C=O)c3n2)C1. The molecule has 1 aliphatic heterocycles. The lowest BCUT2D eigenvalue weighted by Crippen LogP contribution is -2.35. The normalized spacial score (nSPS) is 20.4. The van der Waals surface area contributed by atoms with Crippen LogP contribution in [0.2, 0.25) is 0 Å². The Balaban J connectivity index is 1.79. The first kappa shape index (κ1) is 13.3. The summed E-state index contributed by atoms with van der Waals surface area (Å²) in [4.78, 5) is 18.2. The maximum atomic E-state index is 11.0. The van der Waals surface area contributed by atoms with Crippen molar-refractivity contribution >= 4 is 11.9 Å². The van der Waals surface area contributed by atoms with Crippen LogP contribution in [0.3, 0.4) is 0 Å². The van der Waals surface area contributed by atoms with Crippen molar-refractivity contribution in [1.29, 1.82) is 0 Å². The number of aldehydes is 1. The number of nitrogens with zero attached hydrogens (tertiary/aromatic N) is 3. The molecule has 0 amide bonds. The fourth-order valence-electron chi connectivity index (χ4n) is 3.18. The fraction of sp³-hybridized carbons (Fsp3) is 0.500. The lowest BCUT2D eigenvalue weighted by atomic mass is 9.94. The monoisotopic (exact) mass is 271 g/mol. The molecule has 0 radical (unpaired) electrons. The van der Waals surface area contributed by atoms with Crippen LogP contribution in [0, 0.1) is 5.92 Å². The number of rotatable bonds is 4. The Hall–Kier alpha value is -1.68. The second kappa shape index (κ2) is 5.75. The van der Waals surface area contributed by atoms with Crippen molar-refractivity contribution in [3.63, 3.8) is 0 Å². The van der Waals surface area contributed by atoms with Crippen molar-refractivity contribution in [1.82, 2.24) is 14.3 Å². The first-order chi connectivity index (χ1) is 9.80. The zero-order chi connectivity index (χ0) is 13.9. The number of likely N-dealkylation sites (tertiary alicyclic amines) is 1. The number of pyridine rings is 1. The zero-order valence-electron chi connectivity index (χ0n) is 12.0. The first-order valence-electron chi connectivity index (χ1n) is 7.44. The third-order valence-corrected chi connectivity index (χ3v) is 4.24. The van der Waals surface area contributed by atoms with Crippen molar-refractivity contribution < 1.29 is 4.79 Å². The molecule has 3 rings (SSSR count). The van der Waals surface area contributed by atoms with E-state index in [0.29, 0.717) is 11.5 Å². The highest BCUT2D eigenvalue weighted by atomic mass is 16.1. The van der Waals surface area contributed by atoms with Gasteiger partial charge in [0.05, 0.1) is 11.3 Å². The molecule has 0 spiro atoms. The molecule has 0 aromatic carbocycles. The minimum Gasteiger partial charge on any atom is -0.306 e. The number of piperidine rings is 1. The topological polar surface area (TPSA) is 37.6 Å². The molecule has 1 saturated heterocycles. The number of carbonyl (C=O) groups excluding carboxylic acids is 1. The van der Waals surface area contributed by atoms with Crippen LogP contribution < -0.4 is 0 Å². The number of fused-ring (bicyclic) bond motifs is 1. The Bertz CT molecular complexity index is 605. The van der Waals surface area contributed by atoms with Gasteiger partial charge in [-0.15, -0.1) is 0 Å². The van der Waals surface area contributed by atoms with Crippen LogP contribution in [0.15, 0.2) is 24.5 Å². The smallest absolute Gasteiger partial charge is 0.153 e. The molecular formula is C16H21N3O. The molecule has 0 bridgehead atoms. The van der Waals surface area contributed by atoms with E-state index in [-0.39, 0.29) is 0 Å². The van der Waals surface area contributed by atoms with E-state index in [4.69, 9.17) is 0 Å². The van der Waals surface area contributed by atoms with Gasteiger partial charge in [0, 0.05) is 18.9 Å². The second-order valence-electron chi connectivity index (χ2n) is 5.65. The van der Waals surface area contributed by atoms with Crippen molar-refractivity contribution in [3.05, 3.63) is 35.8 Å². The van der Waals surface area contributed by atoms with Crippen molar-refractivity contribution in [3.8, 4) is 0 Å². The van der Waals surface area contributed by atoms with Crippen LogP contribution in [0.4, 0.5) is 0 Å². The van der Waals surface area contributed by atoms with E-state index in [1.165, 1.54) is 25.9 Å². The lowest BCUT2D eigenvalue weighted by Gasteiger charge is -2.31. The predicted molar refractivity (Wildman–Crippen MR) is 79.1 cm³/mol. The molecule has 3 heterocycles. The average Bonchev–Trinajstić information content (AvgIpc) is 2.89. The summed E-state index contributed by atoms with van der Waals surface area (Å²) in [5.74, 6) is 0.688. The van der Waals surface area contributed by atoms with E-state index < -0.39 is 0 Å². The largest absolute Gasteiger partial charge is 0.306 e. The van der Waals surface area contributed by atoms with Gasteiger partial charge in [-0.2, -0.15) is 0 Å². The summed E-state index contributed by atoms with van der Waals surface area (Å²) < 4.78 is 1.96. The van der Waals surface area contributed by atoms with Crippen LogP contribution in [-0.2, 0) is 6.42 Å². The van der Waals surface area contributed by atoms with Crippen molar-refractivity contribution in [2.45, 2.75) is 26.2 Å². The molecule has 0 saturated carbocycles. The summed E-state index contributed by atoms with van der Waals surface area (Å²) in [5, 5.41) is 0. The Labute approximate surface area is 119 Å². The molecule has 2 aromatic heterocycles. The summed E-state index contributed by atoms with van der Waals surface area (Å²) >= 11 is 0. The molecule has 2 aromatic rings. The number of hydrogen-bond donors (Lipinski definition) is 0. The first-order valence-corrected chi connectivity index (χ1v) is 7.44. The molecule has 106 valence electrons. The van der Waals surface area contributed by atoms with E-state index >= 15 is 0 Å². The number of imidazole rings is 1. The van der Waals surface area contributed by atoms with E-state index in [0.717, 1.165) is 30.6 Å². The number of carbonyl (C=O) groups is 1. The second-order valence-corrected chi connectivity index (χ2v) is 5.65. The molecule has 4 nitrogen and oxygen atoms in total. The molecule has 4 heteroatoms. The summed E-state index contributed by atoms with van der Waals surface area (Å²) in [6, 6.07) is 3.71. The minimum atomic E-state index is 0.664. The van der Waals surface area contributed by atoms with Gasteiger partial charge in [-0.1, -0.05) is 6.92 Å². The molecule has 1 unspecified atom stereocenters. The number of aromatic nitrogens is 2. The van der Waals surface area contributed by atoms with Crippen LogP contribution >= 0.6 is 0 Å².